The quantitative estimate of drug-likeness (QED) is 0.361. The van der Waals surface area contributed by atoms with Crippen LogP contribution in [0.1, 0.15) is 5.56 Å². The molecule has 0 atom stereocenters. The van der Waals surface area contributed by atoms with Crippen LogP contribution in [-0.4, -0.2) is 10.8 Å². The van der Waals surface area contributed by atoms with Gasteiger partial charge in [-0.3, -0.25) is 0 Å². The lowest BCUT2D eigenvalue weighted by molar-refractivity contribution is 0.889. The van der Waals surface area contributed by atoms with Gasteiger partial charge in [-0.15, -0.1) is 5.10 Å². The van der Waals surface area contributed by atoms with E-state index >= 15 is 0 Å². The van der Waals surface area contributed by atoms with E-state index in [4.69, 9.17) is 0 Å². The summed E-state index contributed by atoms with van der Waals surface area (Å²) in [6, 6.07) is 16.4. The van der Waals surface area contributed by atoms with Gasteiger partial charge in [-0.05, 0) is 52.4 Å². The lowest BCUT2D eigenvalue weighted by Gasteiger charge is -1.93. The molecule has 0 aliphatic rings. The van der Waals surface area contributed by atoms with Gasteiger partial charge in [-0.25, -0.2) is 0 Å². The van der Waals surface area contributed by atoms with E-state index in [1.807, 2.05) is 31.3 Å². The van der Waals surface area contributed by atoms with Crippen molar-refractivity contribution in [3.63, 3.8) is 0 Å². The molecule has 0 radical (unpaired) electrons. The zero-order valence-electron chi connectivity index (χ0n) is 10.8. The van der Waals surface area contributed by atoms with Gasteiger partial charge in [0, 0.05) is 10.6 Å². The van der Waals surface area contributed by atoms with Crippen LogP contribution in [0.15, 0.2) is 58.7 Å². The molecule has 1 aromatic heterocycles. The summed E-state index contributed by atoms with van der Waals surface area (Å²) < 4.78 is 4.50. The fourth-order valence-corrected chi connectivity index (χ4v) is 3.21. The SMILES string of the molecule is Cn1/c(=N\N=C/c2ccc(I)cc2)sc2ccccc21. The van der Waals surface area contributed by atoms with E-state index in [-0.39, 0.29) is 0 Å². The van der Waals surface area contributed by atoms with Crippen LogP contribution < -0.4 is 4.80 Å². The molecule has 0 N–H and O–H groups in total. The Kier molecular flexibility index (Phi) is 3.98. The third-order valence-corrected chi connectivity index (χ3v) is 4.76. The minimum atomic E-state index is 0.896. The van der Waals surface area contributed by atoms with Gasteiger partial charge < -0.3 is 4.57 Å². The highest BCUT2D eigenvalue weighted by molar-refractivity contribution is 14.1. The van der Waals surface area contributed by atoms with Crippen molar-refractivity contribution < 1.29 is 0 Å². The summed E-state index contributed by atoms with van der Waals surface area (Å²) in [7, 11) is 2.01. The van der Waals surface area contributed by atoms with Gasteiger partial charge in [0.15, 0.2) is 0 Å². The summed E-state index contributed by atoms with van der Waals surface area (Å²) in [5, 5.41) is 8.49. The molecule has 3 nitrogen and oxygen atoms in total. The highest BCUT2D eigenvalue weighted by Crippen LogP contribution is 2.15. The van der Waals surface area contributed by atoms with Gasteiger partial charge >= 0.3 is 0 Å². The Morgan fingerprint density at radius 1 is 1.10 bits per heavy atom. The van der Waals surface area contributed by atoms with Crippen LogP contribution >= 0.6 is 33.9 Å². The normalized spacial score (nSPS) is 12.6. The number of rotatable bonds is 2. The fourth-order valence-electron chi connectivity index (χ4n) is 1.87. The predicted molar refractivity (Wildman–Crippen MR) is 93.1 cm³/mol. The van der Waals surface area contributed by atoms with E-state index in [0.29, 0.717) is 0 Å². The summed E-state index contributed by atoms with van der Waals surface area (Å²) in [6.07, 6.45) is 1.78. The van der Waals surface area contributed by atoms with Gasteiger partial charge in [0.05, 0.1) is 16.4 Å². The second-order valence-electron chi connectivity index (χ2n) is 4.31. The number of aromatic nitrogens is 1. The molecule has 5 heteroatoms. The summed E-state index contributed by atoms with van der Waals surface area (Å²) in [4.78, 5) is 0.896. The van der Waals surface area contributed by atoms with Crippen molar-refractivity contribution in [3.05, 3.63) is 62.5 Å². The standard InChI is InChI=1S/C15H12IN3S/c1-19-13-4-2-3-5-14(13)20-15(19)18-17-10-11-6-8-12(16)9-7-11/h2-10H,1H3/b17-10-,18-15+. The van der Waals surface area contributed by atoms with Crippen LogP contribution in [0.3, 0.4) is 0 Å². The van der Waals surface area contributed by atoms with E-state index in [1.165, 1.54) is 13.8 Å². The van der Waals surface area contributed by atoms with Gasteiger partial charge in [0.25, 0.3) is 0 Å². The average Bonchev–Trinajstić information content (AvgIpc) is 2.78. The second-order valence-corrected chi connectivity index (χ2v) is 6.56. The molecule has 3 rings (SSSR count). The van der Waals surface area contributed by atoms with Gasteiger partial charge in [-0.1, -0.05) is 35.6 Å². The molecule has 3 aromatic rings. The number of halogens is 1. The monoisotopic (exact) mass is 393 g/mol. The van der Waals surface area contributed by atoms with Crippen molar-refractivity contribution >= 4 is 50.4 Å². The molecule has 20 heavy (non-hydrogen) atoms. The highest BCUT2D eigenvalue weighted by Gasteiger charge is 2.00. The first-order chi connectivity index (χ1) is 9.74. The Morgan fingerprint density at radius 2 is 1.85 bits per heavy atom. The molecular weight excluding hydrogens is 381 g/mol. The van der Waals surface area contributed by atoms with Gasteiger partial charge in [-0.2, -0.15) is 5.10 Å². The van der Waals surface area contributed by atoms with Crippen molar-refractivity contribution in [1.82, 2.24) is 4.57 Å². The van der Waals surface area contributed by atoms with Gasteiger partial charge in [0.2, 0.25) is 4.80 Å². The zero-order valence-corrected chi connectivity index (χ0v) is 13.8. The number of fused-ring (bicyclic) bond motifs is 1. The van der Waals surface area contributed by atoms with Crippen LogP contribution in [0.5, 0.6) is 0 Å². The third kappa shape index (κ3) is 2.83. The lowest BCUT2D eigenvalue weighted by atomic mass is 10.2. The molecule has 0 unspecified atom stereocenters. The van der Waals surface area contributed by atoms with Crippen LogP contribution in [0, 0.1) is 3.57 Å². The van der Waals surface area contributed by atoms with Crippen molar-refractivity contribution in [2.75, 3.05) is 0 Å². The van der Waals surface area contributed by atoms with Crippen molar-refractivity contribution in [1.29, 1.82) is 0 Å². The topological polar surface area (TPSA) is 29.6 Å². The fraction of sp³-hybridized carbons (Fsp3) is 0.0667. The molecule has 0 fully saturated rings. The first kappa shape index (κ1) is 13.5. The molecule has 1 heterocycles. The third-order valence-electron chi connectivity index (χ3n) is 2.93. The first-order valence-electron chi connectivity index (χ1n) is 6.11. The maximum atomic E-state index is 4.31. The Labute approximate surface area is 134 Å². The molecule has 0 saturated heterocycles. The summed E-state index contributed by atoms with van der Waals surface area (Å²) >= 11 is 3.93. The van der Waals surface area contributed by atoms with E-state index in [0.717, 1.165) is 10.4 Å². The maximum absolute atomic E-state index is 4.31. The number of thiazole rings is 1. The molecule has 0 amide bonds. The Bertz CT molecular complexity index is 828. The predicted octanol–water partition coefficient (Wildman–Crippen LogP) is 3.78. The second kappa shape index (κ2) is 5.88. The summed E-state index contributed by atoms with van der Waals surface area (Å²) in [5.41, 5.74) is 2.23. The zero-order chi connectivity index (χ0) is 13.9. The van der Waals surface area contributed by atoms with E-state index in [9.17, 15) is 0 Å². The molecule has 0 saturated carbocycles. The van der Waals surface area contributed by atoms with Crippen molar-refractivity contribution in [2.24, 2.45) is 17.3 Å². The Hall–Kier alpha value is -1.47. The van der Waals surface area contributed by atoms with E-state index in [1.54, 1.807) is 17.6 Å². The molecule has 0 aliphatic carbocycles. The number of nitrogens with zero attached hydrogens (tertiary/aromatic N) is 3. The molecule has 2 aromatic carbocycles. The molecular formula is C15H12IN3S. The van der Waals surface area contributed by atoms with Crippen LogP contribution in [0.2, 0.25) is 0 Å². The number of para-hydroxylation sites is 1. The number of hydrogen-bond acceptors (Lipinski definition) is 3. The van der Waals surface area contributed by atoms with Gasteiger partial charge in [0.1, 0.15) is 0 Å². The largest absolute Gasteiger partial charge is 0.318 e. The molecule has 100 valence electrons. The molecule has 0 bridgehead atoms. The minimum Gasteiger partial charge on any atom is -0.318 e. The first-order valence-corrected chi connectivity index (χ1v) is 8.01. The van der Waals surface area contributed by atoms with Crippen LogP contribution in [0.4, 0.5) is 0 Å². The smallest absolute Gasteiger partial charge is 0.211 e. The maximum Gasteiger partial charge on any atom is 0.211 e. The summed E-state index contributed by atoms with van der Waals surface area (Å²) in [5.74, 6) is 0. The number of benzene rings is 2. The Balaban J connectivity index is 1.94. The van der Waals surface area contributed by atoms with Crippen molar-refractivity contribution in [2.45, 2.75) is 0 Å². The molecule has 0 aliphatic heterocycles. The van der Waals surface area contributed by atoms with Crippen LogP contribution in [0.25, 0.3) is 10.2 Å². The summed E-state index contributed by atoms with van der Waals surface area (Å²) in [6.45, 7) is 0. The number of aryl methyl sites for hydroxylation is 1. The van der Waals surface area contributed by atoms with E-state index in [2.05, 4.69) is 61.6 Å². The molecule has 0 spiro atoms. The minimum absolute atomic E-state index is 0.896. The van der Waals surface area contributed by atoms with Crippen LogP contribution in [-0.2, 0) is 7.05 Å². The number of hydrogen-bond donors (Lipinski definition) is 0. The highest BCUT2D eigenvalue weighted by atomic mass is 127. The average molecular weight is 393 g/mol. The van der Waals surface area contributed by atoms with E-state index < -0.39 is 0 Å². The Morgan fingerprint density at radius 3 is 2.60 bits per heavy atom. The van der Waals surface area contributed by atoms with Crippen molar-refractivity contribution in [3.8, 4) is 0 Å². The lowest BCUT2D eigenvalue weighted by Crippen LogP contribution is -2.08.